The van der Waals surface area contributed by atoms with Gasteiger partial charge < -0.3 is 20.6 Å². The molecule has 1 amide bonds. The van der Waals surface area contributed by atoms with E-state index in [0.29, 0.717) is 10.4 Å². The summed E-state index contributed by atoms with van der Waals surface area (Å²) in [5, 5.41) is 31.6. The standard InChI is InChI=1S/C13H13Cl2NO4S/c14-7-1-2-8-9(3-7)21-11(10(8)15)12(20)16-13(4-17,5-18)6-19/h1-3,17-19H,4-6H2,(H,16,20). The summed E-state index contributed by atoms with van der Waals surface area (Å²) in [6.07, 6.45) is 0. The minimum Gasteiger partial charge on any atom is -0.394 e. The summed E-state index contributed by atoms with van der Waals surface area (Å²) in [5.41, 5.74) is -1.49. The number of halogens is 2. The van der Waals surface area contributed by atoms with Gasteiger partial charge in [0.15, 0.2) is 0 Å². The average Bonchev–Trinajstić information content (AvgIpc) is 2.81. The van der Waals surface area contributed by atoms with Crippen LogP contribution in [-0.4, -0.2) is 46.6 Å². The minimum atomic E-state index is -1.49. The Morgan fingerprint density at radius 3 is 2.38 bits per heavy atom. The van der Waals surface area contributed by atoms with Crippen molar-refractivity contribution in [2.24, 2.45) is 0 Å². The first-order valence-electron chi connectivity index (χ1n) is 5.99. The molecule has 1 aromatic heterocycles. The number of benzene rings is 1. The fourth-order valence-electron chi connectivity index (χ4n) is 1.75. The van der Waals surface area contributed by atoms with Gasteiger partial charge in [-0.15, -0.1) is 11.3 Å². The summed E-state index contributed by atoms with van der Waals surface area (Å²) >= 11 is 13.2. The fourth-order valence-corrected chi connectivity index (χ4v) is 3.44. The first-order chi connectivity index (χ1) is 9.96. The predicted molar refractivity (Wildman–Crippen MR) is 83.3 cm³/mol. The molecule has 0 aliphatic heterocycles. The van der Waals surface area contributed by atoms with E-state index in [1.165, 1.54) is 0 Å². The van der Waals surface area contributed by atoms with E-state index in [2.05, 4.69) is 5.32 Å². The van der Waals surface area contributed by atoms with Gasteiger partial charge in [0, 0.05) is 15.1 Å². The number of carbonyl (C=O) groups excluding carboxylic acids is 1. The van der Waals surface area contributed by atoms with E-state index >= 15 is 0 Å². The first kappa shape index (κ1) is 16.5. The molecule has 1 aromatic carbocycles. The summed E-state index contributed by atoms with van der Waals surface area (Å²) in [4.78, 5) is 12.5. The summed E-state index contributed by atoms with van der Waals surface area (Å²) in [7, 11) is 0. The Hall–Kier alpha value is -0.890. The van der Waals surface area contributed by atoms with Crippen LogP contribution in [0.15, 0.2) is 18.2 Å². The number of hydrogen-bond acceptors (Lipinski definition) is 5. The van der Waals surface area contributed by atoms with Gasteiger partial charge >= 0.3 is 0 Å². The highest BCUT2D eigenvalue weighted by Gasteiger charge is 2.31. The van der Waals surface area contributed by atoms with E-state index in [1.54, 1.807) is 18.2 Å². The summed E-state index contributed by atoms with van der Waals surface area (Å²) in [6.45, 7) is -1.79. The second kappa shape index (κ2) is 6.48. The quantitative estimate of drug-likeness (QED) is 0.660. The van der Waals surface area contributed by atoms with Crippen LogP contribution < -0.4 is 5.32 Å². The molecule has 114 valence electrons. The molecule has 0 aliphatic carbocycles. The zero-order chi connectivity index (χ0) is 15.6. The minimum absolute atomic E-state index is 0.230. The molecule has 0 saturated carbocycles. The molecule has 0 unspecified atom stereocenters. The lowest BCUT2D eigenvalue weighted by atomic mass is 10.0. The van der Waals surface area contributed by atoms with Crippen LogP contribution in [-0.2, 0) is 0 Å². The Balaban J connectivity index is 2.37. The molecule has 2 aromatic rings. The van der Waals surface area contributed by atoms with Gasteiger partial charge in [-0.05, 0) is 12.1 Å². The third-order valence-corrected chi connectivity index (χ3v) is 4.98. The van der Waals surface area contributed by atoms with Crippen molar-refractivity contribution < 1.29 is 20.1 Å². The predicted octanol–water partition coefficient (Wildman–Crippen LogP) is 1.65. The van der Waals surface area contributed by atoms with Crippen molar-refractivity contribution in [1.29, 1.82) is 0 Å². The fraction of sp³-hybridized carbons (Fsp3) is 0.308. The van der Waals surface area contributed by atoms with Crippen LogP contribution in [0.1, 0.15) is 9.67 Å². The van der Waals surface area contributed by atoms with E-state index < -0.39 is 31.3 Å². The van der Waals surface area contributed by atoms with Crippen LogP contribution in [0.4, 0.5) is 0 Å². The SMILES string of the molecule is O=C(NC(CO)(CO)CO)c1sc2cc(Cl)ccc2c1Cl. The van der Waals surface area contributed by atoms with Crippen molar-refractivity contribution in [3.05, 3.63) is 33.1 Å². The van der Waals surface area contributed by atoms with Gasteiger partial charge in [-0.3, -0.25) is 4.79 Å². The van der Waals surface area contributed by atoms with E-state index in [1.807, 2.05) is 0 Å². The normalized spacial score (nSPS) is 11.9. The largest absolute Gasteiger partial charge is 0.394 e. The topological polar surface area (TPSA) is 89.8 Å². The molecule has 1 heterocycles. The van der Waals surface area contributed by atoms with Crippen LogP contribution in [0, 0.1) is 0 Å². The number of aliphatic hydroxyl groups is 3. The van der Waals surface area contributed by atoms with Gasteiger partial charge in [-0.1, -0.05) is 29.3 Å². The average molecular weight is 350 g/mol. The third-order valence-electron chi connectivity index (χ3n) is 3.08. The van der Waals surface area contributed by atoms with E-state index in [-0.39, 0.29) is 9.90 Å². The number of rotatable bonds is 5. The maximum Gasteiger partial charge on any atom is 0.263 e. The number of aliphatic hydroxyl groups excluding tert-OH is 3. The summed E-state index contributed by atoms with van der Waals surface area (Å²) in [6, 6.07) is 5.08. The second-order valence-corrected chi connectivity index (χ2v) is 6.46. The van der Waals surface area contributed by atoms with E-state index in [9.17, 15) is 20.1 Å². The van der Waals surface area contributed by atoms with Crippen molar-refractivity contribution in [2.45, 2.75) is 5.54 Å². The van der Waals surface area contributed by atoms with Gasteiger partial charge in [-0.25, -0.2) is 0 Å². The first-order valence-corrected chi connectivity index (χ1v) is 7.56. The molecule has 2 rings (SSSR count). The molecule has 0 radical (unpaired) electrons. The number of hydrogen-bond donors (Lipinski definition) is 4. The van der Waals surface area contributed by atoms with Crippen molar-refractivity contribution in [1.82, 2.24) is 5.32 Å². The van der Waals surface area contributed by atoms with Crippen LogP contribution >= 0.6 is 34.5 Å². The molecule has 0 bridgehead atoms. The molecule has 0 saturated heterocycles. The van der Waals surface area contributed by atoms with Gasteiger partial charge in [-0.2, -0.15) is 0 Å². The van der Waals surface area contributed by atoms with Crippen molar-refractivity contribution in [2.75, 3.05) is 19.8 Å². The highest BCUT2D eigenvalue weighted by Crippen LogP contribution is 2.36. The van der Waals surface area contributed by atoms with Crippen LogP contribution in [0.25, 0.3) is 10.1 Å². The molecule has 21 heavy (non-hydrogen) atoms. The van der Waals surface area contributed by atoms with Crippen LogP contribution in [0.3, 0.4) is 0 Å². The Morgan fingerprint density at radius 1 is 1.19 bits per heavy atom. The molecule has 8 heteroatoms. The van der Waals surface area contributed by atoms with Crippen LogP contribution in [0.2, 0.25) is 10.0 Å². The van der Waals surface area contributed by atoms with E-state index in [4.69, 9.17) is 23.2 Å². The van der Waals surface area contributed by atoms with Gasteiger partial charge in [0.25, 0.3) is 5.91 Å². The molecule has 0 atom stereocenters. The molecular weight excluding hydrogens is 337 g/mol. The van der Waals surface area contributed by atoms with Gasteiger partial charge in [0.2, 0.25) is 0 Å². The number of nitrogens with one attached hydrogen (secondary N) is 1. The van der Waals surface area contributed by atoms with Crippen molar-refractivity contribution in [3.63, 3.8) is 0 Å². The number of carbonyl (C=O) groups is 1. The number of fused-ring (bicyclic) bond motifs is 1. The molecular formula is C13H13Cl2NO4S. The van der Waals surface area contributed by atoms with Gasteiger partial charge in [0.1, 0.15) is 10.4 Å². The lowest BCUT2D eigenvalue weighted by molar-refractivity contribution is 0.0377. The maximum absolute atomic E-state index is 12.3. The van der Waals surface area contributed by atoms with Crippen LogP contribution in [0.5, 0.6) is 0 Å². The summed E-state index contributed by atoms with van der Waals surface area (Å²) < 4.78 is 0.750. The Bertz CT molecular complexity index is 661. The molecule has 0 aliphatic rings. The van der Waals surface area contributed by atoms with Crippen molar-refractivity contribution >= 4 is 50.5 Å². The number of amides is 1. The lowest BCUT2D eigenvalue weighted by Gasteiger charge is -2.28. The highest BCUT2D eigenvalue weighted by molar-refractivity contribution is 7.21. The smallest absolute Gasteiger partial charge is 0.263 e. The number of thiophene rings is 1. The maximum atomic E-state index is 12.3. The lowest BCUT2D eigenvalue weighted by Crippen LogP contribution is -2.56. The molecule has 0 spiro atoms. The zero-order valence-corrected chi connectivity index (χ0v) is 13.1. The third kappa shape index (κ3) is 3.15. The van der Waals surface area contributed by atoms with Gasteiger partial charge in [0.05, 0.1) is 24.8 Å². The van der Waals surface area contributed by atoms with Crippen molar-refractivity contribution in [3.8, 4) is 0 Å². The molecule has 0 fully saturated rings. The molecule has 5 nitrogen and oxygen atoms in total. The summed E-state index contributed by atoms with van der Waals surface area (Å²) in [5.74, 6) is -0.575. The second-order valence-electron chi connectivity index (χ2n) is 4.59. The Morgan fingerprint density at radius 2 is 1.81 bits per heavy atom. The monoisotopic (exact) mass is 349 g/mol. The highest BCUT2D eigenvalue weighted by atomic mass is 35.5. The molecule has 4 N–H and O–H groups in total. The Labute approximate surface area is 134 Å². The Kier molecular flexibility index (Phi) is 5.08. The zero-order valence-electron chi connectivity index (χ0n) is 10.8. The van der Waals surface area contributed by atoms with E-state index in [0.717, 1.165) is 16.0 Å².